The van der Waals surface area contributed by atoms with E-state index in [0.29, 0.717) is 33.6 Å². The minimum Gasteiger partial charge on any atom is -0.488 e. The highest BCUT2D eigenvalue weighted by Gasteiger charge is 2.37. The number of carbonyl (C=O) groups is 3. The van der Waals surface area contributed by atoms with Crippen molar-refractivity contribution in [2.75, 3.05) is 4.90 Å². The average molecular weight is 598 g/mol. The lowest BCUT2D eigenvalue weighted by atomic mass is 10.1. The Morgan fingerprint density at radius 2 is 1.66 bits per heavy atom. The van der Waals surface area contributed by atoms with Gasteiger partial charge in [0.25, 0.3) is 11.8 Å². The predicted octanol–water partition coefficient (Wildman–Crippen LogP) is 6.38. The molecule has 8 heteroatoms. The van der Waals surface area contributed by atoms with Crippen LogP contribution in [0.25, 0.3) is 6.08 Å². The maximum Gasteiger partial charge on any atom is 0.335 e. The maximum atomic E-state index is 13.2. The molecule has 0 bridgehead atoms. The first-order chi connectivity index (χ1) is 16.6. The molecule has 1 N–H and O–H groups in total. The quantitative estimate of drug-likeness (QED) is 0.273. The van der Waals surface area contributed by atoms with E-state index in [1.807, 2.05) is 6.07 Å². The Labute approximate surface area is 220 Å². The second kappa shape index (κ2) is 10.2. The van der Waals surface area contributed by atoms with Crippen LogP contribution in [-0.2, 0) is 16.2 Å². The van der Waals surface area contributed by atoms with E-state index in [9.17, 15) is 14.4 Å². The fourth-order valence-electron chi connectivity index (χ4n) is 3.69. The number of nitrogens with zero attached hydrogens (tertiary/aromatic N) is 1. The van der Waals surface area contributed by atoms with Crippen LogP contribution in [0.2, 0.25) is 0 Å². The van der Waals surface area contributed by atoms with Gasteiger partial charge in [0, 0.05) is 4.47 Å². The van der Waals surface area contributed by atoms with Gasteiger partial charge in [-0.05, 0) is 101 Å². The van der Waals surface area contributed by atoms with Gasteiger partial charge in [0.2, 0.25) is 0 Å². The Morgan fingerprint density at radius 3 is 2.34 bits per heavy atom. The summed E-state index contributed by atoms with van der Waals surface area (Å²) in [6.45, 7) is 6.32. The third-order valence-electron chi connectivity index (χ3n) is 5.73. The molecule has 0 spiro atoms. The number of urea groups is 1. The van der Waals surface area contributed by atoms with Crippen LogP contribution in [0, 0.1) is 20.8 Å². The van der Waals surface area contributed by atoms with Gasteiger partial charge in [0.05, 0.1) is 10.2 Å². The zero-order valence-electron chi connectivity index (χ0n) is 19.3. The summed E-state index contributed by atoms with van der Waals surface area (Å²) < 4.78 is 7.44. The van der Waals surface area contributed by atoms with Gasteiger partial charge in [0.1, 0.15) is 17.9 Å². The topological polar surface area (TPSA) is 75.7 Å². The number of imide groups is 2. The smallest absolute Gasteiger partial charge is 0.335 e. The van der Waals surface area contributed by atoms with Crippen molar-refractivity contribution in [3.8, 4) is 5.75 Å². The molecule has 0 unspecified atom stereocenters. The lowest BCUT2D eigenvalue weighted by molar-refractivity contribution is -0.122. The van der Waals surface area contributed by atoms with E-state index >= 15 is 0 Å². The molecule has 3 aromatic carbocycles. The zero-order valence-corrected chi connectivity index (χ0v) is 22.5. The molecule has 0 saturated carbocycles. The molecule has 4 amide bonds. The monoisotopic (exact) mass is 596 g/mol. The third kappa shape index (κ3) is 5.39. The number of ether oxygens (including phenoxy) is 1. The molecule has 4 rings (SSSR count). The minimum atomic E-state index is -0.779. The SMILES string of the molecule is Cc1ccc(COc2ccc(/C=C3/C(=O)NC(=O)N(c4ccc(Br)cc4C)C3=O)cc2Br)cc1C. The van der Waals surface area contributed by atoms with E-state index in [4.69, 9.17) is 4.74 Å². The van der Waals surface area contributed by atoms with Crippen molar-refractivity contribution in [3.63, 3.8) is 0 Å². The lowest BCUT2D eigenvalue weighted by Gasteiger charge is -2.27. The second-order valence-corrected chi connectivity index (χ2v) is 10.1. The molecular weight excluding hydrogens is 576 g/mol. The Hall–Kier alpha value is -3.23. The summed E-state index contributed by atoms with van der Waals surface area (Å²) in [6.07, 6.45) is 1.46. The number of hydrogen-bond donors (Lipinski definition) is 1. The molecule has 0 aromatic heterocycles. The van der Waals surface area contributed by atoms with E-state index in [2.05, 4.69) is 63.2 Å². The molecule has 1 aliphatic rings. The number of carbonyl (C=O) groups excluding carboxylic acids is 3. The molecule has 35 heavy (non-hydrogen) atoms. The number of halogens is 2. The van der Waals surface area contributed by atoms with Crippen LogP contribution < -0.4 is 15.0 Å². The number of aryl methyl sites for hydroxylation is 3. The largest absolute Gasteiger partial charge is 0.488 e. The highest BCUT2D eigenvalue weighted by atomic mass is 79.9. The first-order valence-corrected chi connectivity index (χ1v) is 12.4. The number of barbiturate groups is 1. The fraction of sp³-hybridized carbons (Fsp3) is 0.148. The number of anilines is 1. The van der Waals surface area contributed by atoms with Crippen LogP contribution in [-0.4, -0.2) is 17.8 Å². The third-order valence-corrected chi connectivity index (χ3v) is 6.85. The van der Waals surface area contributed by atoms with Crippen LogP contribution in [0.4, 0.5) is 10.5 Å². The van der Waals surface area contributed by atoms with Crippen molar-refractivity contribution in [3.05, 3.63) is 96.9 Å². The molecule has 0 aliphatic carbocycles. The van der Waals surface area contributed by atoms with Crippen molar-refractivity contribution in [1.82, 2.24) is 5.32 Å². The second-order valence-electron chi connectivity index (χ2n) is 8.29. The molecule has 1 fully saturated rings. The van der Waals surface area contributed by atoms with Crippen LogP contribution in [0.1, 0.15) is 27.8 Å². The highest BCUT2D eigenvalue weighted by Crippen LogP contribution is 2.30. The first kappa shape index (κ1) is 24.9. The van der Waals surface area contributed by atoms with E-state index in [1.165, 1.54) is 17.2 Å². The molecular formula is C27H22Br2N2O4. The Bertz CT molecular complexity index is 1400. The van der Waals surface area contributed by atoms with Gasteiger partial charge in [-0.25, -0.2) is 9.69 Å². The van der Waals surface area contributed by atoms with Gasteiger partial charge >= 0.3 is 6.03 Å². The van der Waals surface area contributed by atoms with Gasteiger partial charge in [-0.15, -0.1) is 0 Å². The Kier molecular flexibility index (Phi) is 7.23. The summed E-state index contributed by atoms with van der Waals surface area (Å²) in [5, 5.41) is 2.25. The number of rotatable bonds is 5. The van der Waals surface area contributed by atoms with E-state index in [0.717, 1.165) is 14.9 Å². The standard InChI is InChI=1S/C27H22Br2N2O4/c1-15-4-5-19(10-16(15)2)14-35-24-9-6-18(13-22(24)29)12-21-25(32)30-27(34)31(26(21)33)23-8-7-20(28)11-17(23)3/h4-13H,14H2,1-3H3,(H,30,32,34)/b21-12-. The summed E-state index contributed by atoms with van der Waals surface area (Å²) in [7, 11) is 0. The molecule has 1 saturated heterocycles. The van der Waals surface area contributed by atoms with Gasteiger partial charge in [-0.3, -0.25) is 14.9 Å². The highest BCUT2D eigenvalue weighted by molar-refractivity contribution is 9.10. The Balaban J connectivity index is 1.57. The average Bonchev–Trinajstić information content (AvgIpc) is 2.79. The minimum absolute atomic E-state index is 0.136. The predicted molar refractivity (Wildman–Crippen MR) is 142 cm³/mol. The molecule has 6 nitrogen and oxygen atoms in total. The van der Waals surface area contributed by atoms with Gasteiger partial charge in [0.15, 0.2) is 0 Å². The summed E-state index contributed by atoms with van der Waals surface area (Å²) >= 11 is 6.88. The summed E-state index contributed by atoms with van der Waals surface area (Å²) in [5.74, 6) is -0.792. The van der Waals surface area contributed by atoms with Crippen molar-refractivity contribution >= 4 is 61.5 Å². The van der Waals surface area contributed by atoms with Crippen LogP contribution in [0.3, 0.4) is 0 Å². The fourth-order valence-corrected chi connectivity index (χ4v) is 4.68. The van der Waals surface area contributed by atoms with Crippen molar-refractivity contribution in [1.29, 1.82) is 0 Å². The van der Waals surface area contributed by atoms with Crippen molar-refractivity contribution < 1.29 is 19.1 Å². The molecule has 3 aromatic rings. The molecule has 178 valence electrons. The maximum absolute atomic E-state index is 13.2. The Morgan fingerprint density at radius 1 is 0.886 bits per heavy atom. The van der Waals surface area contributed by atoms with Crippen molar-refractivity contribution in [2.45, 2.75) is 27.4 Å². The molecule has 1 heterocycles. The van der Waals surface area contributed by atoms with Crippen LogP contribution in [0.5, 0.6) is 5.75 Å². The number of nitrogens with one attached hydrogen (secondary N) is 1. The van der Waals surface area contributed by atoms with Crippen LogP contribution >= 0.6 is 31.9 Å². The van der Waals surface area contributed by atoms with E-state index in [-0.39, 0.29) is 5.57 Å². The number of amides is 4. The first-order valence-electron chi connectivity index (χ1n) is 10.8. The number of hydrogen-bond acceptors (Lipinski definition) is 4. The number of benzene rings is 3. The van der Waals surface area contributed by atoms with Crippen LogP contribution in [0.15, 0.2) is 69.1 Å². The normalized spacial score (nSPS) is 14.9. The van der Waals surface area contributed by atoms with E-state index < -0.39 is 17.8 Å². The van der Waals surface area contributed by atoms with Gasteiger partial charge in [-0.2, -0.15) is 0 Å². The molecule has 1 aliphatic heterocycles. The summed E-state index contributed by atoms with van der Waals surface area (Å²) in [4.78, 5) is 39.2. The zero-order chi connectivity index (χ0) is 25.3. The summed E-state index contributed by atoms with van der Waals surface area (Å²) in [5.41, 5.74) is 5.08. The van der Waals surface area contributed by atoms with Gasteiger partial charge < -0.3 is 4.74 Å². The molecule has 0 radical (unpaired) electrons. The lowest BCUT2D eigenvalue weighted by Crippen LogP contribution is -2.54. The van der Waals surface area contributed by atoms with E-state index in [1.54, 1.807) is 43.3 Å². The van der Waals surface area contributed by atoms with Gasteiger partial charge in [-0.1, -0.05) is 40.2 Å². The molecule has 0 atom stereocenters. The summed E-state index contributed by atoms with van der Waals surface area (Å²) in [6, 6.07) is 15.9. The van der Waals surface area contributed by atoms with Crippen molar-refractivity contribution in [2.24, 2.45) is 0 Å².